The smallest absolute Gasteiger partial charge is 0.407 e. The molecule has 1 N–H and O–H groups in total. The third-order valence-corrected chi connectivity index (χ3v) is 7.91. The third kappa shape index (κ3) is 4.80. The molecule has 0 bridgehead atoms. The molecule has 1 spiro atoms. The largest absolute Gasteiger partial charge is 0.443 e. The van der Waals surface area contributed by atoms with E-state index in [-0.39, 0.29) is 41.5 Å². The van der Waals surface area contributed by atoms with Crippen molar-refractivity contribution in [2.45, 2.75) is 94.9 Å². The highest BCUT2D eigenvalue weighted by Gasteiger charge is 2.72. The first-order chi connectivity index (χ1) is 14.8. The van der Waals surface area contributed by atoms with E-state index in [0.717, 1.165) is 38.8 Å². The number of amides is 1. The number of nitrogens with zero attached hydrogens (tertiary/aromatic N) is 1. The molecule has 4 aliphatic rings. The standard InChI is InChI=1S/C24H40N2O5/c1-16(2)8-9-19-23(3,31-19)21-20(28-5)18(10-12-24(21)15-29-24)30-22(27)25-13-11-17-7-6-14-26(17)4/h8,17-21H,6-7,9-15H2,1-5H3,(H,25,27)/t17?,18-,19-,20-,21?,23?,24+/m1/s1. The number of ether oxygens (including phenoxy) is 4. The van der Waals surface area contributed by atoms with E-state index in [1.807, 2.05) is 0 Å². The molecule has 7 nitrogen and oxygen atoms in total. The first-order valence-corrected chi connectivity index (χ1v) is 11.9. The number of nitrogens with one attached hydrogen (secondary N) is 1. The molecule has 1 amide bonds. The highest BCUT2D eigenvalue weighted by Crippen LogP contribution is 2.59. The van der Waals surface area contributed by atoms with Gasteiger partial charge in [-0.25, -0.2) is 4.79 Å². The predicted octanol–water partition coefficient (Wildman–Crippen LogP) is 3.27. The van der Waals surface area contributed by atoms with Crippen LogP contribution >= 0.6 is 0 Å². The lowest BCUT2D eigenvalue weighted by atomic mass is 9.68. The monoisotopic (exact) mass is 436 g/mol. The fourth-order valence-electron chi connectivity index (χ4n) is 5.93. The van der Waals surface area contributed by atoms with Crippen LogP contribution in [0.25, 0.3) is 0 Å². The Morgan fingerprint density at radius 3 is 2.71 bits per heavy atom. The first kappa shape index (κ1) is 23.0. The van der Waals surface area contributed by atoms with Crippen molar-refractivity contribution in [3.8, 4) is 0 Å². The lowest BCUT2D eigenvalue weighted by Crippen LogP contribution is -2.56. The zero-order valence-electron chi connectivity index (χ0n) is 19.8. The van der Waals surface area contributed by atoms with E-state index in [1.54, 1.807) is 7.11 Å². The predicted molar refractivity (Wildman–Crippen MR) is 118 cm³/mol. The van der Waals surface area contributed by atoms with Crippen molar-refractivity contribution in [2.75, 3.05) is 33.9 Å². The van der Waals surface area contributed by atoms with Crippen LogP contribution in [0.15, 0.2) is 11.6 Å². The number of likely N-dealkylation sites (tertiary alicyclic amines) is 1. The van der Waals surface area contributed by atoms with Gasteiger partial charge in [0.2, 0.25) is 0 Å². The van der Waals surface area contributed by atoms with Crippen molar-refractivity contribution in [1.82, 2.24) is 10.2 Å². The summed E-state index contributed by atoms with van der Waals surface area (Å²) < 4.78 is 24.0. The van der Waals surface area contributed by atoms with Crippen LogP contribution in [0.3, 0.4) is 0 Å². The Morgan fingerprint density at radius 1 is 1.32 bits per heavy atom. The highest BCUT2D eigenvalue weighted by molar-refractivity contribution is 5.67. The summed E-state index contributed by atoms with van der Waals surface area (Å²) in [5.41, 5.74) is 0.789. The third-order valence-electron chi connectivity index (χ3n) is 7.91. The SMILES string of the molecule is CO[C@H]1C(C2(C)O[C@@H]2CC=C(C)C)[C@]2(CC[C@H]1OC(=O)NCCC1CCCN1C)CO2. The van der Waals surface area contributed by atoms with Gasteiger partial charge in [-0.15, -0.1) is 0 Å². The van der Waals surface area contributed by atoms with Crippen LogP contribution < -0.4 is 5.32 Å². The molecule has 4 rings (SSSR count). The molecular formula is C24H40N2O5. The van der Waals surface area contributed by atoms with Crippen molar-refractivity contribution in [1.29, 1.82) is 0 Å². The maximum atomic E-state index is 12.5. The Hall–Kier alpha value is -1.15. The van der Waals surface area contributed by atoms with Gasteiger partial charge in [0.15, 0.2) is 0 Å². The van der Waals surface area contributed by atoms with Crippen LogP contribution in [0.1, 0.15) is 59.3 Å². The zero-order chi connectivity index (χ0) is 22.2. The Balaban J connectivity index is 1.34. The summed E-state index contributed by atoms with van der Waals surface area (Å²) in [6.07, 6.45) is 7.44. The van der Waals surface area contributed by atoms with Crippen LogP contribution in [-0.4, -0.2) is 80.4 Å². The Kier molecular flexibility index (Phi) is 6.69. The summed E-state index contributed by atoms with van der Waals surface area (Å²) in [4.78, 5) is 14.9. The molecular weight excluding hydrogens is 396 g/mol. The summed E-state index contributed by atoms with van der Waals surface area (Å²) in [5, 5.41) is 2.96. The van der Waals surface area contributed by atoms with Gasteiger partial charge in [0.25, 0.3) is 0 Å². The molecule has 7 heteroatoms. The quantitative estimate of drug-likeness (QED) is 0.465. The van der Waals surface area contributed by atoms with Crippen LogP contribution in [0.2, 0.25) is 0 Å². The second kappa shape index (κ2) is 9.00. The molecule has 0 aromatic rings. The van der Waals surface area contributed by atoms with E-state index in [0.29, 0.717) is 12.6 Å². The van der Waals surface area contributed by atoms with Gasteiger partial charge >= 0.3 is 6.09 Å². The normalized spacial score (nSPS) is 41.8. The molecule has 3 unspecified atom stereocenters. The Bertz CT molecular complexity index is 689. The van der Waals surface area contributed by atoms with E-state index in [2.05, 4.69) is 44.1 Å². The molecule has 1 saturated carbocycles. The minimum Gasteiger partial charge on any atom is -0.443 e. The van der Waals surface area contributed by atoms with Crippen molar-refractivity contribution >= 4 is 6.09 Å². The number of carbonyl (C=O) groups excluding carboxylic acids is 1. The average Bonchev–Trinajstić information content (AvgIpc) is 3.59. The molecule has 31 heavy (non-hydrogen) atoms. The maximum Gasteiger partial charge on any atom is 0.407 e. The minimum absolute atomic E-state index is 0.0549. The van der Waals surface area contributed by atoms with Crippen molar-refractivity contribution < 1.29 is 23.7 Å². The molecule has 0 aromatic heterocycles. The van der Waals surface area contributed by atoms with Crippen LogP contribution in [0, 0.1) is 5.92 Å². The number of methoxy groups -OCH3 is 1. The Morgan fingerprint density at radius 2 is 2.10 bits per heavy atom. The number of hydrogen-bond donors (Lipinski definition) is 1. The summed E-state index contributed by atoms with van der Waals surface area (Å²) in [6, 6.07) is 0.558. The van der Waals surface area contributed by atoms with Gasteiger partial charge in [-0.3, -0.25) is 0 Å². The van der Waals surface area contributed by atoms with Crippen LogP contribution in [0.4, 0.5) is 4.79 Å². The Labute approximate surface area is 186 Å². The van der Waals surface area contributed by atoms with E-state index >= 15 is 0 Å². The fourth-order valence-corrected chi connectivity index (χ4v) is 5.93. The molecule has 1 aliphatic carbocycles. The van der Waals surface area contributed by atoms with Gasteiger partial charge in [-0.1, -0.05) is 11.6 Å². The lowest BCUT2D eigenvalue weighted by molar-refractivity contribution is -0.118. The molecule has 0 aromatic carbocycles. The van der Waals surface area contributed by atoms with Gasteiger partial charge in [0.05, 0.1) is 18.6 Å². The summed E-state index contributed by atoms with van der Waals surface area (Å²) >= 11 is 0. The van der Waals surface area contributed by atoms with Gasteiger partial charge in [0.1, 0.15) is 23.4 Å². The van der Waals surface area contributed by atoms with Crippen molar-refractivity contribution in [3.05, 3.63) is 11.6 Å². The summed E-state index contributed by atoms with van der Waals surface area (Å²) in [6.45, 7) is 8.90. The van der Waals surface area contributed by atoms with Gasteiger partial charge in [0, 0.05) is 19.7 Å². The molecule has 0 radical (unpaired) electrons. The van der Waals surface area contributed by atoms with Gasteiger partial charge in [-0.2, -0.15) is 0 Å². The maximum absolute atomic E-state index is 12.5. The molecule has 3 aliphatic heterocycles. The fraction of sp³-hybridized carbons (Fsp3) is 0.875. The van der Waals surface area contributed by atoms with E-state index in [4.69, 9.17) is 18.9 Å². The number of allylic oxidation sites excluding steroid dienone is 1. The summed E-state index contributed by atoms with van der Waals surface area (Å²) in [7, 11) is 3.86. The van der Waals surface area contributed by atoms with E-state index < -0.39 is 0 Å². The number of epoxide rings is 2. The number of alkyl carbamates (subject to hydrolysis) is 1. The molecule has 3 heterocycles. The molecule has 3 saturated heterocycles. The van der Waals surface area contributed by atoms with E-state index in [1.165, 1.54) is 18.4 Å². The summed E-state index contributed by atoms with van der Waals surface area (Å²) in [5.74, 6) is 0.0549. The van der Waals surface area contributed by atoms with Crippen LogP contribution in [0.5, 0.6) is 0 Å². The zero-order valence-corrected chi connectivity index (χ0v) is 19.8. The van der Waals surface area contributed by atoms with Crippen molar-refractivity contribution in [3.63, 3.8) is 0 Å². The molecule has 7 atom stereocenters. The number of hydrogen-bond acceptors (Lipinski definition) is 6. The van der Waals surface area contributed by atoms with Crippen molar-refractivity contribution in [2.24, 2.45) is 5.92 Å². The second-order valence-electron chi connectivity index (χ2n) is 10.3. The average molecular weight is 437 g/mol. The van der Waals surface area contributed by atoms with Gasteiger partial charge < -0.3 is 29.2 Å². The number of carbonyl (C=O) groups is 1. The van der Waals surface area contributed by atoms with Crippen LogP contribution in [-0.2, 0) is 18.9 Å². The molecule has 176 valence electrons. The van der Waals surface area contributed by atoms with Gasteiger partial charge in [-0.05, 0) is 72.9 Å². The highest BCUT2D eigenvalue weighted by atomic mass is 16.6. The first-order valence-electron chi connectivity index (χ1n) is 11.9. The second-order valence-corrected chi connectivity index (χ2v) is 10.3. The number of rotatable bonds is 8. The van der Waals surface area contributed by atoms with E-state index in [9.17, 15) is 4.79 Å². The lowest BCUT2D eigenvalue weighted by Gasteiger charge is -2.42. The topological polar surface area (TPSA) is 75.9 Å². The minimum atomic E-state index is -0.345. The molecule has 4 fully saturated rings.